The van der Waals surface area contributed by atoms with Gasteiger partial charge in [-0.1, -0.05) is 12.1 Å². The van der Waals surface area contributed by atoms with Crippen LogP contribution < -0.4 is 11.1 Å². The van der Waals surface area contributed by atoms with Gasteiger partial charge in [0.25, 0.3) is 0 Å². The van der Waals surface area contributed by atoms with Crippen molar-refractivity contribution in [2.24, 2.45) is 0 Å². The molecule has 0 bridgehead atoms. The summed E-state index contributed by atoms with van der Waals surface area (Å²) >= 11 is 0. The molecule has 0 aliphatic heterocycles. The van der Waals surface area contributed by atoms with Crippen molar-refractivity contribution >= 4 is 22.8 Å². The van der Waals surface area contributed by atoms with E-state index in [-0.39, 0.29) is 11.2 Å². The van der Waals surface area contributed by atoms with Crippen molar-refractivity contribution in [3.8, 4) is 0 Å². The molecule has 2 aromatic heterocycles. The molecule has 3 aromatic rings. The Hall–Kier alpha value is -2.97. The number of anilines is 1. The molecular weight excluding hydrogens is 358 g/mol. The van der Waals surface area contributed by atoms with E-state index in [9.17, 15) is 9.90 Å². The molecule has 5 N–H and O–H groups in total. The Labute approximate surface area is 163 Å². The fourth-order valence-electron chi connectivity index (χ4n) is 2.97. The Kier molecular flexibility index (Phi) is 5.62. The average molecular weight is 383 g/mol. The second-order valence-electron chi connectivity index (χ2n) is 7.48. The molecule has 0 aliphatic rings. The topological polar surface area (TPSA) is 126 Å². The number of hydrogen-bond donors (Lipinski definition) is 4. The van der Waals surface area contributed by atoms with Crippen LogP contribution in [0, 0.1) is 0 Å². The summed E-state index contributed by atoms with van der Waals surface area (Å²) in [5, 5.41) is 22.9. The smallest absolute Gasteiger partial charge is 0.354 e. The fourth-order valence-corrected chi connectivity index (χ4v) is 2.97. The molecule has 0 aliphatic carbocycles. The molecule has 1 aromatic carbocycles. The van der Waals surface area contributed by atoms with Crippen molar-refractivity contribution in [2.75, 3.05) is 12.3 Å². The minimum Gasteiger partial charge on any atom is -0.477 e. The van der Waals surface area contributed by atoms with Gasteiger partial charge in [-0.05, 0) is 50.1 Å². The predicted octanol–water partition coefficient (Wildman–Crippen LogP) is 2.20. The number of hydrogen-bond acceptors (Lipinski definition) is 6. The minimum absolute atomic E-state index is 0.00288. The minimum atomic E-state index is -1.06. The van der Waals surface area contributed by atoms with E-state index in [1.165, 1.54) is 6.07 Å². The number of carboxylic acids is 1. The lowest BCUT2D eigenvalue weighted by atomic mass is 9.99. The number of rotatable bonds is 8. The van der Waals surface area contributed by atoms with Crippen LogP contribution in [0.25, 0.3) is 11.2 Å². The highest BCUT2D eigenvalue weighted by molar-refractivity contribution is 5.88. The lowest BCUT2D eigenvalue weighted by Gasteiger charge is -2.28. The van der Waals surface area contributed by atoms with Gasteiger partial charge in [0.15, 0.2) is 11.3 Å². The summed E-state index contributed by atoms with van der Waals surface area (Å²) < 4.78 is 1.85. The molecule has 0 saturated carbocycles. The molecule has 0 radical (unpaired) electrons. The quantitative estimate of drug-likeness (QED) is 0.439. The van der Waals surface area contributed by atoms with E-state index in [2.05, 4.69) is 15.3 Å². The number of aliphatic hydroxyl groups excluding tert-OH is 1. The van der Waals surface area contributed by atoms with Gasteiger partial charge in [0.1, 0.15) is 5.52 Å². The molecule has 0 spiro atoms. The first-order chi connectivity index (χ1) is 13.2. The summed E-state index contributed by atoms with van der Waals surface area (Å²) in [6, 6.07) is 10.3. The predicted molar refractivity (Wildman–Crippen MR) is 107 cm³/mol. The van der Waals surface area contributed by atoms with Crippen molar-refractivity contribution in [1.29, 1.82) is 0 Å². The van der Waals surface area contributed by atoms with Gasteiger partial charge in [0.2, 0.25) is 0 Å². The second-order valence-corrected chi connectivity index (χ2v) is 7.48. The Morgan fingerprint density at radius 3 is 2.82 bits per heavy atom. The Morgan fingerprint density at radius 2 is 2.11 bits per heavy atom. The van der Waals surface area contributed by atoms with E-state index in [1.54, 1.807) is 24.5 Å². The standard InChI is InChI=1S/C20H25N5O3/c1-20(2,23-11-17(26)13-4-3-5-14(21)10-13)8-9-25-12-22-15-6-7-16(19(27)28)24-18(15)25/h3-7,10,12,17,23,26H,8-9,11,21H2,1-2H3,(H,27,28). The van der Waals surface area contributed by atoms with Gasteiger partial charge in [0.05, 0.1) is 12.4 Å². The lowest BCUT2D eigenvalue weighted by molar-refractivity contribution is 0.0691. The number of aromatic carboxylic acids is 1. The van der Waals surface area contributed by atoms with Crippen LogP contribution in [0.3, 0.4) is 0 Å². The van der Waals surface area contributed by atoms with Crippen LogP contribution in [0.15, 0.2) is 42.7 Å². The number of nitrogens with two attached hydrogens (primary N) is 1. The molecule has 148 valence electrons. The zero-order valence-electron chi connectivity index (χ0n) is 16.0. The largest absolute Gasteiger partial charge is 0.477 e. The molecule has 8 nitrogen and oxygen atoms in total. The van der Waals surface area contributed by atoms with Gasteiger partial charge in [-0.25, -0.2) is 14.8 Å². The van der Waals surface area contributed by atoms with Crippen LogP contribution in [0.5, 0.6) is 0 Å². The molecule has 1 unspecified atom stereocenters. The number of nitrogens with one attached hydrogen (secondary N) is 1. The maximum Gasteiger partial charge on any atom is 0.354 e. The molecule has 3 rings (SSSR count). The highest BCUT2D eigenvalue weighted by atomic mass is 16.4. The maximum absolute atomic E-state index is 11.1. The van der Waals surface area contributed by atoms with Gasteiger partial charge in [-0.15, -0.1) is 0 Å². The van der Waals surface area contributed by atoms with Crippen LogP contribution in [-0.4, -0.2) is 42.8 Å². The molecule has 0 fully saturated rings. The average Bonchev–Trinajstić information content (AvgIpc) is 3.07. The number of benzene rings is 1. The zero-order valence-corrected chi connectivity index (χ0v) is 16.0. The summed E-state index contributed by atoms with van der Waals surface area (Å²) in [4.78, 5) is 19.6. The van der Waals surface area contributed by atoms with Crippen LogP contribution in [0.1, 0.15) is 42.4 Å². The number of aliphatic hydroxyl groups is 1. The lowest BCUT2D eigenvalue weighted by Crippen LogP contribution is -2.42. The molecule has 0 amide bonds. The summed E-state index contributed by atoms with van der Waals surface area (Å²) in [7, 11) is 0. The zero-order chi connectivity index (χ0) is 20.3. The van der Waals surface area contributed by atoms with E-state index < -0.39 is 12.1 Å². The Morgan fingerprint density at radius 1 is 1.32 bits per heavy atom. The Balaban J connectivity index is 1.62. The van der Waals surface area contributed by atoms with Crippen LogP contribution in [-0.2, 0) is 6.54 Å². The van der Waals surface area contributed by atoms with E-state index in [0.717, 1.165) is 12.0 Å². The molecular formula is C20H25N5O3. The van der Waals surface area contributed by atoms with Crippen molar-refractivity contribution in [3.05, 3.63) is 54.0 Å². The number of imidazole rings is 1. The van der Waals surface area contributed by atoms with Crippen LogP contribution >= 0.6 is 0 Å². The molecule has 8 heteroatoms. The number of pyridine rings is 1. The molecule has 1 atom stereocenters. The highest BCUT2D eigenvalue weighted by Gasteiger charge is 2.20. The number of β-amino-alcohol motifs (C(OH)–C–C–N with tert-alkyl or cyclic N) is 1. The highest BCUT2D eigenvalue weighted by Crippen LogP contribution is 2.19. The van der Waals surface area contributed by atoms with Crippen molar-refractivity contribution in [2.45, 2.75) is 38.5 Å². The van der Waals surface area contributed by atoms with Gasteiger partial charge in [-0.3, -0.25) is 0 Å². The molecule has 2 heterocycles. The molecule has 0 saturated heterocycles. The number of fused-ring (bicyclic) bond motifs is 1. The second kappa shape index (κ2) is 7.95. The van der Waals surface area contributed by atoms with Gasteiger partial charge in [-0.2, -0.15) is 0 Å². The van der Waals surface area contributed by atoms with Crippen LogP contribution in [0.4, 0.5) is 5.69 Å². The first-order valence-corrected chi connectivity index (χ1v) is 9.09. The maximum atomic E-state index is 11.1. The van der Waals surface area contributed by atoms with Crippen molar-refractivity contribution in [1.82, 2.24) is 19.9 Å². The SMILES string of the molecule is CC(C)(CCn1cnc2ccc(C(=O)O)nc21)NCC(O)c1cccc(N)c1. The first-order valence-electron chi connectivity index (χ1n) is 9.09. The third kappa shape index (κ3) is 4.65. The van der Waals surface area contributed by atoms with E-state index >= 15 is 0 Å². The van der Waals surface area contributed by atoms with E-state index in [1.807, 2.05) is 30.5 Å². The fraction of sp³-hybridized carbons (Fsp3) is 0.350. The number of carbonyl (C=O) groups is 1. The van der Waals surface area contributed by atoms with Crippen molar-refractivity contribution < 1.29 is 15.0 Å². The van der Waals surface area contributed by atoms with Gasteiger partial charge in [0, 0.05) is 24.3 Å². The first kappa shape index (κ1) is 19.8. The van der Waals surface area contributed by atoms with Crippen LogP contribution in [0.2, 0.25) is 0 Å². The number of nitrogens with zero attached hydrogens (tertiary/aromatic N) is 3. The third-order valence-electron chi connectivity index (χ3n) is 4.73. The summed E-state index contributed by atoms with van der Waals surface area (Å²) in [6.45, 7) is 5.10. The number of aromatic nitrogens is 3. The van der Waals surface area contributed by atoms with E-state index in [0.29, 0.717) is 29.9 Å². The van der Waals surface area contributed by atoms with Crippen molar-refractivity contribution in [3.63, 3.8) is 0 Å². The molecule has 28 heavy (non-hydrogen) atoms. The Bertz CT molecular complexity index is 983. The number of carboxylic acid groups (broad SMARTS) is 1. The van der Waals surface area contributed by atoms with E-state index in [4.69, 9.17) is 10.8 Å². The number of aryl methyl sites for hydroxylation is 1. The van der Waals surface area contributed by atoms with Gasteiger partial charge < -0.3 is 25.8 Å². The number of nitrogen functional groups attached to an aromatic ring is 1. The van der Waals surface area contributed by atoms with Gasteiger partial charge >= 0.3 is 5.97 Å². The monoisotopic (exact) mass is 383 g/mol. The summed E-state index contributed by atoms with van der Waals surface area (Å²) in [5.41, 5.74) is 8.11. The normalized spacial score (nSPS) is 13.0. The third-order valence-corrected chi connectivity index (χ3v) is 4.73. The summed E-state index contributed by atoms with van der Waals surface area (Å²) in [6.07, 6.45) is 1.75. The summed E-state index contributed by atoms with van der Waals surface area (Å²) in [5.74, 6) is -1.06.